The smallest absolute Gasteiger partial charge is 0.291 e. The van der Waals surface area contributed by atoms with Crippen LogP contribution >= 0.6 is 0 Å². The summed E-state index contributed by atoms with van der Waals surface area (Å²) in [6.07, 6.45) is 3.49. The average molecular weight is 208 g/mol. The zero-order chi connectivity index (χ0) is 10.8. The molecule has 0 atom stereocenters. The lowest BCUT2D eigenvalue weighted by atomic mass is 10.3. The van der Waals surface area contributed by atoms with E-state index >= 15 is 0 Å². The van der Waals surface area contributed by atoms with E-state index in [2.05, 4.69) is 4.98 Å². The second-order valence-electron chi connectivity index (χ2n) is 3.27. The first-order chi connectivity index (χ1) is 7.20. The van der Waals surface area contributed by atoms with Crippen LogP contribution in [0.1, 0.15) is 23.3 Å². The molecular weight excluding hydrogens is 200 g/mol. The standard InChI is InChI=1S/C9H8N2O4/c12-5-8-9(15-7-1-2-7)3-6(4-10-8)11(13)14/h3-5,7H,1-2H2. The van der Waals surface area contributed by atoms with Gasteiger partial charge in [0, 0.05) is 0 Å². The summed E-state index contributed by atoms with van der Waals surface area (Å²) in [6, 6.07) is 1.23. The van der Waals surface area contributed by atoms with E-state index in [-0.39, 0.29) is 23.2 Å². The zero-order valence-electron chi connectivity index (χ0n) is 7.75. The van der Waals surface area contributed by atoms with Crippen molar-refractivity contribution in [2.24, 2.45) is 0 Å². The quantitative estimate of drug-likeness (QED) is 0.423. The highest BCUT2D eigenvalue weighted by Crippen LogP contribution is 2.29. The summed E-state index contributed by atoms with van der Waals surface area (Å²) in [5.74, 6) is 0.196. The van der Waals surface area contributed by atoms with E-state index in [4.69, 9.17) is 4.74 Å². The number of aromatic nitrogens is 1. The van der Waals surface area contributed by atoms with Gasteiger partial charge in [0.05, 0.1) is 17.1 Å². The Morgan fingerprint density at radius 1 is 1.60 bits per heavy atom. The molecule has 1 aromatic rings. The molecule has 1 fully saturated rings. The number of rotatable bonds is 4. The molecule has 1 aliphatic rings. The molecule has 2 rings (SSSR count). The summed E-state index contributed by atoms with van der Waals surface area (Å²) in [5.41, 5.74) is -0.0660. The summed E-state index contributed by atoms with van der Waals surface area (Å²) in [4.78, 5) is 24.2. The van der Waals surface area contributed by atoms with Crippen LogP contribution in [0, 0.1) is 10.1 Å². The zero-order valence-corrected chi connectivity index (χ0v) is 7.75. The van der Waals surface area contributed by atoms with Crippen molar-refractivity contribution >= 4 is 12.0 Å². The molecule has 0 spiro atoms. The normalized spacial score (nSPS) is 14.7. The Balaban J connectivity index is 2.32. The van der Waals surface area contributed by atoms with Crippen molar-refractivity contribution in [2.45, 2.75) is 18.9 Å². The van der Waals surface area contributed by atoms with Gasteiger partial charge < -0.3 is 4.74 Å². The van der Waals surface area contributed by atoms with Gasteiger partial charge in [0.1, 0.15) is 11.9 Å². The fraction of sp³-hybridized carbons (Fsp3) is 0.333. The maximum Gasteiger partial charge on any atom is 0.291 e. The molecule has 6 heteroatoms. The molecule has 6 nitrogen and oxygen atoms in total. The molecule has 1 saturated carbocycles. The van der Waals surface area contributed by atoms with Gasteiger partial charge in [-0.15, -0.1) is 0 Å². The van der Waals surface area contributed by atoms with E-state index in [1.54, 1.807) is 0 Å². The van der Waals surface area contributed by atoms with E-state index < -0.39 is 4.92 Å². The van der Waals surface area contributed by atoms with Crippen molar-refractivity contribution in [3.8, 4) is 5.75 Å². The Kier molecular flexibility index (Phi) is 2.32. The molecule has 0 bridgehead atoms. The monoisotopic (exact) mass is 208 g/mol. The molecule has 1 aromatic heterocycles. The van der Waals surface area contributed by atoms with E-state index in [0.29, 0.717) is 6.29 Å². The molecule has 0 aromatic carbocycles. The van der Waals surface area contributed by atoms with E-state index in [9.17, 15) is 14.9 Å². The third kappa shape index (κ3) is 2.09. The molecule has 0 saturated heterocycles. The Morgan fingerprint density at radius 2 is 2.33 bits per heavy atom. The molecule has 0 unspecified atom stereocenters. The highest BCUT2D eigenvalue weighted by Gasteiger charge is 2.25. The number of hydrogen-bond donors (Lipinski definition) is 0. The minimum absolute atomic E-state index is 0.0764. The van der Waals surface area contributed by atoms with Gasteiger partial charge in [-0.05, 0) is 12.8 Å². The SMILES string of the molecule is O=Cc1ncc([N+](=O)[O-])cc1OC1CC1. The molecule has 1 heterocycles. The number of hydrogen-bond acceptors (Lipinski definition) is 5. The second kappa shape index (κ2) is 3.64. The van der Waals surface area contributed by atoms with Crippen molar-refractivity contribution in [3.05, 3.63) is 28.1 Å². The number of ether oxygens (including phenoxy) is 1. The minimum Gasteiger partial charge on any atom is -0.488 e. The summed E-state index contributed by atoms with van der Waals surface area (Å²) in [6.45, 7) is 0. The number of nitro groups is 1. The Hall–Kier alpha value is -1.98. The maximum atomic E-state index is 10.6. The minimum atomic E-state index is -0.568. The third-order valence-electron chi connectivity index (χ3n) is 2.01. The van der Waals surface area contributed by atoms with Gasteiger partial charge >= 0.3 is 0 Å². The van der Waals surface area contributed by atoms with Crippen LogP contribution < -0.4 is 4.74 Å². The molecule has 0 aliphatic heterocycles. The van der Waals surface area contributed by atoms with E-state index in [1.807, 2.05) is 0 Å². The van der Waals surface area contributed by atoms with Crippen LogP contribution in [0.4, 0.5) is 5.69 Å². The van der Waals surface area contributed by atoms with Crippen LogP contribution in [0.2, 0.25) is 0 Å². The maximum absolute atomic E-state index is 10.6. The fourth-order valence-electron chi connectivity index (χ4n) is 1.09. The summed E-state index contributed by atoms with van der Waals surface area (Å²) in [5, 5.41) is 10.5. The van der Waals surface area contributed by atoms with Gasteiger partial charge in [-0.3, -0.25) is 14.9 Å². The van der Waals surface area contributed by atoms with Gasteiger partial charge in [0.25, 0.3) is 5.69 Å². The van der Waals surface area contributed by atoms with Crippen molar-refractivity contribution < 1.29 is 14.5 Å². The molecule has 0 N–H and O–H groups in total. The van der Waals surface area contributed by atoms with Gasteiger partial charge in [-0.25, -0.2) is 4.98 Å². The summed E-state index contributed by atoms with van der Waals surface area (Å²) in [7, 11) is 0. The third-order valence-corrected chi connectivity index (χ3v) is 2.01. The van der Waals surface area contributed by atoms with Crippen LogP contribution in [0.25, 0.3) is 0 Å². The lowest BCUT2D eigenvalue weighted by Gasteiger charge is -2.05. The Bertz CT molecular complexity index is 415. The highest BCUT2D eigenvalue weighted by molar-refractivity contribution is 5.76. The summed E-state index contributed by atoms with van der Waals surface area (Å²) < 4.78 is 5.34. The summed E-state index contributed by atoms with van der Waals surface area (Å²) >= 11 is 0. The largest absolute Gasteiger partial charge is 0.488 e. The second-order valence-corrected chi connectivity index (χ2v) is 3.27. The number of carbonyl (C=O) groups excluding carboxylic acids is 1. The lowest BCUT2D eigenvalue weighted by Crippen LogP contribution is -2.02. The van der Waals surface area contributed by atoms with Crippen molar-refractivity contribution in [1.29, 1.82) is 0 Å². The Labute approximate surface area is 85.0 Å². The number of nitrogens with zero attached hydrogens (tertiary/aromatic N) is 2. The molecule has 0 amide bonds. The van der Waals surface area contributed by atoms with Crippen molar-refractivity contribution in [2.75, 3.05) is 0 Å². The topological polar surface area (TPSA) is 82.3 Å². The van der Waals surface area contributed by atoms with Crippen molar-refractivity contribution in [1.82, 2.24) is 4.98 Å². The Morgan fingerprint density at radius 3 is 2.87 bits per heavy atom. The first kappa shape index (κ1) is 9.57. The van der Waals surface area contributed by atoms with Gasteiger partial charge in [0.2, 0.25) is 0 Å². The first-order valence-electron chi connectivity index (χ1n) is 4.47. The average Bonchev–Trinajstić information content (AvgIpc) is 3.01. The number of aldehydes is 1. The number of pyridine rings is 1. The molecular formula is C9H8N2O4. The predicted molar refractivity (Wildman–Crippen MR) is 49.9 cm³/mol. The van der Waals surface area contributed by atoms with Crippen LogP contribution in [0.3, 0.4) is 0 Å². The molecule has 15 heavy (non-hydrogen) atoms. The van der Waals surface area contributed by atoms with E-state index in [1.165, 1.54) is 6.07 Å². The molecule has 1 aliphatic carbocycles. The highest BCUT2D eigenvalue weighted by atomic mass is 16.6. The molecule has 0 radical (unpaired) electrons. The molecule has 78 valence electrons. The van der Waals surface area contributed by atoms with Crippen LogP contribution in [-0.4, -0.2) is 22.3 Å². The van der Waals surface area contributed by atoms with E-state index in [0.717, 1.165) is 19.0 Å². The number of carbonyl (C=O) groups is 1. The van der Waals surface area contributed by atoms with Gasteiger partial charge in [-0.2, -0.15) is 0 Å². The predicted octanol–water partition coefficient (Wildman–Crippen LogP) is 1.34. The van der Waals surface area contributed by atoms with Crippen LogP contribution in [0.15, 0.2) is 12.3 Å². The lowest BCUT2D eigenvalue weighted by molar-refractivity contribution is -0.385. The van der Waals surface area contributed by atoms with Crippen LogP contribution in [0.5, 0.6) is 5.75 Å². The van der Waals surface area contributed by atoms with Crippen LogP contribution in [-0.2, 0) is 0 Å². The first-order valence-corrected chi connectivity index (χ1v) is 4.47. The fourth-order valence-corrected chi connectivity index (χ4v) is 1.09. The van der Waals surface area contributed by atoms with Crippen molar-refractivity contribution in [3.63, 3.8) is 0 Å². The van der Waals surface area contributed by atoms with Gasteiger partial charge in [0.15, 0.2) is 12.0 Å². The van der Waals surface area contributed by atoms with Gasteiger partial charge in [-0.1, -0.05) is 0 Å².